The first-order chi connectivity index (χ1) is 10.2. The molecule has 0 aliphatic carbocycles. The molecule has 0 radical (unpaired) electrons. The predicted octanol–water partition coefficient (Wildman–Crippen LogP) is 2.32. The molecule has 0 unspecified atom stereocenters. The van der Waals surface area contributed by atoms with Crippen LogP contribution < -0.4 is 4.74 Å². The van der Waals surface area contributed by atoms with Crippen molar-refractivity contribution in [1.82, 2.24) is 9.97 Å². The Morgan fingerprint density at radius 3 is 2.71 bits per heavy atom. The molecular formula is C15H12N2O4. The normalized spacial score (nSPS) is 10.8. The van der Waals surface area contributed by atoms with Gasteiger partial charge in [-0.15, -0.1) is 0 Å². The van der Waals surface area contributed by atoms with E-state index in [9.17, 15) is 9.59 Å². The minimum atomic E-state index is -0.586. The van der Waals surface area contributed by atoms with Gasteiger partial charge >= 0.3 is 5.97 Å². The van der Waals surface area contributed by atoms with Crippen molar-refractivity contribution < 1.29 is 19.1 Å². The minimum Gasteiger partial charge on any atom is -0.497 e. The van der Waals surface area contributed by atoms with E-state index in [1.807, 2.05) is 18.2 Å². The molecule has 0 saturated heterocycles. The molecule has 1 N–H and O–H groups in total. The second-order valence-corrected chi connectivity index (χ2v) is 4.46. The van der Waals surface area contributed by atoms with Crippen LogP contribution in [-0.4, -0.2) is 36.4 Å². The van der Waals surface area contributed by atoms with E-state index < -0.39 is 5.97 Å². The van der Waals surface area contributed by atoms with E-state index in [0.29, 0.717) is 17.6 Å². The Labute approximate surface area is 119 Å². The highest BCUT2D eigenvalue weighted by molar-refractivity contribution is 6.13. The van der Waals surface area contributed by atoms with Crippen molar-refractivity contribution in [2.45, 2.75) is 0 Å². The van der Waals surface area contributed by atoms with Crippen LogP contribution in [0.2, 0.25) is 0 Å². The monoisotopic (exact) mass is 284 g/mol. The average Bonchev–Trinajstić information content (AvgIpc) is 2.90. The van der Waals surface area contributed by atoms with Crippen LogP contribution in [0.5, 0.6) is 5.75 Å². The summed E-state index contributed by atoms with van der Waals surface area (Å²) in [6.45, 7) is 0. The average molecular weight is 284 g/mol. The van der Waals surface area contributed by atoms with Crippen LogP contribution in [0.4, 0.5) is 0 Å². The van der Waals surface area contributed by atoms with E-state index in [1.54, 1.807) is 13.2 Å². The van der Waals surface area contributed by atoms with Gasteiger partial charge in [-0.05, 0) is 24.3 Å². The number of hydrogen-bond donors (Lipinski definition) is 1. The Hall–Kier alpha value is -2.89. The molecule has 3 rings (SSSR count). The van der Waals surface area contributed by atoms with Gasteiger partial charge in [0, 0.05) is 16.3 Å². The van der Waals surface area contributed by atoms with Crippen molar-refractivity contribution in [3.63, 3.8) is 0 Å². The zero-order valence-corrected chi connectivity index (χ0v) is 11.5. The highest BCUT2D eigenvalue weighted by Crippen LogP contribution is 2.30. The maximum absolute atomic E-state index is 11.7. The Bertz CT molecular complexity index is 867. The van der Waals surface area contributed by atoms with Gasteiger partial charge in [-0.1, -0.05) is 0 Å². The molecule has 2 aromatic heterocycles. The zero-order chi connectivity index (χ0) is 15.0. The van der Waals surface area contributed by atoms with Crippen molar-refractivity contribution in [2.24, 2.45) is 0 Å². The lowest BCUT2D eigenvalue weighted by molar-refractivity contribution is 0.0594. The summed E-state index contributed by atoms with van der Waals surface area (Å²) in [4.78, 5) is 30.0. The topological polar surface area (TPSA) is 81.3 Å². The molecule has 0 fully saturated rings. The Kier molecular flexibility index (Phi) is 3.06. The third-order valence-corrected chi connectivity index (χ3v) is 3.33. The van der Waals surface area contributed by atoms with Gasteiger partial charge in [0.2, 0.25) is 0 Å². The molecule has 0 aliphatic rings. The number of benzene rings is 1. The van der Waals surface area contributed by atoms with E-state index in [4.69, 9.17) is 4.74 Å². The van der Waals surface area contributed by atoms with Crippen molar-refractivity contribution in [3.05, 3.63) is 35.7 Å². The molecule has 106 valence electrons. The fraction of sp³-hybridized carbons (Fsp3) is 0.133. The summed E-state index contributed by atoms with van der Waals surface area (Å²) in [5.41, 5.74) is 1.68. The van der Waals surface area contributed by atoms with Crippen molar-refractivity contribution in [1.29, 1.82) is 0 Å². The van der Waals surface area contributed by atoms with Gasteiger partial charge in [0.25, 0.3) is 0 Å². The third kappa shape index (κ3) is 2.01. The number of H-pyrrole nitrogens is 1. The number of aromatic nitrogens is 2. The molecular weight excluding hydrogens is 272 g/mol. The first kappa shape index (κ1) is 13.1. The number of ether oxygens (including phenoxy) is 2. The second kappa shape index (κ2) is 4.90. The fourth-order valence-electron chi connectivity index (χ4n) is 2.32. The molecule has 0 bridgehead atoms. The van der Waals surface area contributed by atoms with Gasteiger partial charge < -0.3 is 14.5 Å². The van der Waals surface area contributed by atoms with Gasteiger partial charge in [-0.2, -0.15) is 0 Å². The summed E-state index contributed by atoms with van der Waals surface area (Å²) in [5.74, 6) is 0.102. The highest BCUT2D eigenvalue weighted by atomic mass is 16.5. The lowest BCUT2D eigenvalue weighted by atomic mass is 10.1. The number of carbonyl (C=O) groups is 2. The smallest absolute Gasteiger partial charge is 0.356 e. The lowest BCUT2D eigenvalue weighted by Gasteiger charge is -2.01. The summed E-state index contributed by atoms with van der Waals surface area (Å²) in [6.07, 6.45) is 0.612. The van der Waals surface area contributed by atoms with Gasteiger partial charge in [-0.3, -0.25) is 4.79 Å². The number of rotatable bonds is 3. The summed E-state index contributed by atoms with van der Waals surface area (Å²) in [6, 6.07) is 7.10. The zero-order valence-electron chi connectivity index (χ0n) is 11.5. The third-order valence-electron chi connectivity index (χ3n) is 3.33. The number of aldehydes is 1. The van der Waals surface area contributed by atoms with Crippen molar-refractivity contribution >= 4 is 34.1 Å². The quantitative estimate of drug-likeness (QED) is 0.589. The van der Waals surface area contributed by atoms with Crippen molar-refractivity contribution in [3.8, 4) is 5.75 Å². The Morgan fingerprint density at radius 1 is 1.24 bits per heavy atom. The Morgan fingerprint density at radius 2 is 2.05 bits per heavy atom. The number of esters is 1. The molecule has 0 saturated carbocycles. The standard InChI is InChI=1S/C15H12N2O4/c1-20-8-3-4-11-9(5-8)10-6-12(15(19)21-2)16-13(7-18)14(10)17-11/h3-7,17H,1-2H3. The van der Waals surface area contributed by atoms with Crippen LogP contribution in [0.15, 0.2) is 24.3 Å². The molecule has 21 heavy (non-hydrogen) atoms. The summed E-state index contributed by atoms with van der Waals surface area (Å²) in [5, 5.41) is 1.57. The molecule has 1 aromatic carbocycles. The minimum absolute atomic E-state index is 0.0934. The number of aromatic amines is 1. The highest BCUT2D eigenvalue weighted by Gasteiger charge is 2.16. The van der Waals surface area contributed by atoms with Crippen LogP contribution in [-0.2, 0) is 4.74 Å². The number of nitrogens with one attached hydrogen (secondary N) is 1. The van der Waals surface area contributed by atoms with Crippen LogP contribution in [0.25, 0.3) is 21.8 Å². The Balaban J connectivity index is 2.40. The maximum atomic E-state index is 11.7. The van der Waals surface area contributed by atoms with Gasteiger partial charge in [0.1, 0.15) is 17.1 Å². The van der Waals surface area contributed by atoms with Crippen LogP contribution in [0, 0.1) is 0 Å². The van der Waals surface area contributed by atoms with Gasteiger partial charge in [-0.25, -0.2) is 9.78 Å². The van der Waals surface area contributed by atoms with E-state index in [1.165, 1.54) is 7.11 Å². The molecule has 2 heterocycles. The molecule has 0 atom stereocenters. The van der Waals surface area contributed by atoms with Crippen LogP contribution in [0.3, 0.4) is 0 Å². The van der Waals surface area contributed by atoms with E-state index in [-0.39, 0.29) is 11.4 Å². The maximum Gasteiger partial charge on any atom is 0.356 e. The largest absolute Gasteiger partial charge is 0.497 e. The molecule has 6 heteroatoms. The van der Waals surface area contributed by atoms with Crippen molar-refractivity contribution in [2.75, 3.05) is 14.2 Å². The summed E-state index contributed by atoms with van der Waals surface area (Å²) in [7, 11) is 2.85. The molecule has 0 aliphatic heterocycles. The van der Waals surface area contributed by atoms with Crippen LogP contribution >= 0.6 is 0 Å². The first-order valence-electron chi connectivity index (χ1n) is 6.22. The predicted molar refractivity (Wildman–Crippen MR) is 76.9 cm³/mol. The fourth-order valence-corrected chi connectivity index (χ4v) is 2.32. The number of fused-ring (bicyclic) bond motifs is 3. The molecule has 0 spiro atoms. The first-order valence-corrected chi connectivity index (χ1v) is 6.22. The number of hydrogen-bond acceptors (Lipinski definition) is 5. The van der Waals surface area contributed by atoms with Gasteiger partial charge in [0.15, 0.2) is 6.29 Å². The number of pyridine rings is 1. The molecule has 6 nitrogen and oxygen atoms in total. The van der Waals surface area contributed by atoms with E-state index in [0.717, 1.165) is 16.3 Å². The number of nitrogens with zero attached hydrogens (tertiary/aromatic N) is 1. The lowest BCUT2D eigenvalue weighted by Crippen LogP contribution is -2.06. The molecule has 0 amide bonds. The summed E-state index contributed by atoms with van der Waals surface area (Å²) < 4.78 is 9.87. The number of carbonyl (C=O) groups excluding carboxylic acids is 2. The molecule has 3 aromatic rings. The van der Waals surface area contributed by atoms with E-state index in [2.05, 4.69) is 14.7 Å². The van der Waals surface area contributed by atoms with E-state index >= 15 is 0 Å². The second-order valence-electron chi connectivity index (χ2n) is 4.46. The summed E-state index contributed by atoms with van der Waals surface area (Å²) >= 11 is 0. The SMILES string of the molecule is COC(=O)c1cc2c([nH]c3ccc(OC)cc32)c(C=O)n1. The van der Waals surface area contributed by atoms with Crippen LogP contribution in [0.1, 0.15) is 21.0 Å². The van der Waals surface area contributed by atoms with Gasteiger partial charge in [0.05, 0.1) is 19.7 Å². The number of methoxy groups -OCH3 is 2.